The Morgan fingerprint density at radius 2 is 2.20 bits per heavy atom. The third-order valence-corrected chi connectivity index (χ3v) is 1.84. The molecular weight excluding hydrogens is 197 g/mol. The van der Waals surface area contributed by atoms with Gasteiger partial charge < -0.3 is 10.4 Å². The van der Waals surface area contributed by atoms with Gasteiger partial charge in [0.2, 0.25) is 0 Å². The highest BCUT2D eigenvalue weighted by atomic mass is 19.1. The number of halogens is 1. The minimum absolute atomic E-state index is 0.235. The lowest BCUT2D eigenvalue weighted by Gasteiger charge is -2.02. The predicted molar refractivity (Wildman–Crippen MR) is 54.9 cm³/mol. The van der Waals surface area contributed by atoms with Crippen LogP contribution in [0.25, 0.3) is 0 Å². The fraction of sp³-hybridized carbons (Fsp3) is 0.182. The molecule has 0 bridgehead atoms. The molecule has 15 heavy (non-hydrogen) atoms. The molecule has 0 spiro atoms. The normalized spacial score (nSPS) is 10.5. The van der Waals surface area contributed by atoms with E-state index in [2.05, 4.69) is 5.32 Å². The molecule has 0 radical (unpaired) electrons. The summed E-state index contributed by atoms with van der Waals surface area (Å²) in [6.45, 7) is 0.505. The third kappa shape index (κ3) is 4.26. The van der Waals surface area contributed by atoms with Crippen LogP contribution in [0, 0.1) is 5.82 Å². The first-order valence-corrected chi connectivity index (χ1v) is 4.56. The average Bonchev–Trinajstić information content (AvgIpc) is 2.20. The van der Waals surface area contributed by atoms with Crippen molar-refractivity contribution < 1.29 is 14.3 Å². The first kappa shape index (κ1) is 11.2. The van der Waals surface area contributed by atoms with Crippen LogP contribution in [0.3, 0.4) is 0 Å². The van der Waals surface area contributed by atoms with Gasteiger partial charge in [-0.05, 0) is 18.1 Å². The lowest BCUT2D eigenvalue weighted by molar-refractivity contribution is -0.131. The number of carbonyl (C=O) groups is 1. The smallest absolute Gasteiger partial charge is 0.329 e. The maximum absolute atomic E-state index is 13.1. The van der Waals surface area contributed by atoms with Crippen LogP contribution in [0.5, 0.6) is 0 Å². The van der Waals surface area contributed by atoms with Crippen molar-refractivity contribution in [3.63, 3.8) is 0 Å². The molecule has 0 aromatic heterocycles. The van der Waals surface area contributed by atoms with Crippen LogP contribution in [0.15, 0.2) is 36.5 Å². The Balaban J connectivity index is 2.32. The molecule has 2 N–H and O–H groups in total. The number of rotatable bonds is 5. The van der Waals surface area contributed by atoms with Crippen LogP contribution >= 0.6 is 0 Å². The zero-order valence-electron chi connectivity index (χ0n) is 8.11. The van der Waals surface area contributed by atoms with Crippen LogP contribution < -0.4 is 5.32 Å². The van der Waals surface area contributed by atoms with Crippen LogP contribution in [0.4, 0.5) is 4.39 Å². The molecule has 1 rings (SSSR count). The molecule has 1 aromatic carbocycles. The van der Waals surface area contributed by atoms with Gasteiger partial charge in [0.05, 0.1) is 0 Å². The molecule has 0 unspecified atom stereocenters. The maximum Gasteiger partial charge on any atom is 0.329 e. The first-order valence-electron chi connectivity index (χ1n) is 4.56. The molecular formula is C11H12FNO2. The van der Waals surface area contributed by atoms with E-state index in [1.807, 2.05) is 0 Å². The molecule has 0 amide bonds. The number of hydrogen-bond acceptors (Lipinski definition) is 2. The van der Waals surface area contributed by atoms with Gasteiger partial charge in [-0.25, -0.2) is 9.18 Å². The van der Waals surface area contributed by atoms with E-state index < -0.39 is 5.97 Å². The van der Waals surface area contributed by atoms with Crippen molar-refractivity contribution in [2.45, 2.75) is 6.42 Å². The van der Waals surface area contributed by atoms with E-state index in [4.69, 9.17) is 5.11 Å². The van der Waals surface area contributed by atoms with E-state index in [0.29, 0.717) is 18.5 Å². The van der Waals surface area contributed by atoms with Gasteiger partial charge in [-0.15, -0.1) is 0 Å². The van der Waals surface area contributed by atoms with Gasteiger partial charge in [0.15, 0.2) is 0 Å². The van der Waals surface area contributed by atoms with Crippen LogP contribution in [0.1, 0.15) is 5.56 Å². The van der Waals surface area contributed by atoms with Crippen molar-refractivity contribution in [3.8, 4) is 0 Å². The molecule has 0 saturated carbocycles. The average molecular weight is 209 g/mol. The summed E-state index contributed by atoms with van der Waals surface area (Å²) < 4.78 is 13.1. The second-order valence-electron chi connectivity index (χ2n) is 2.97. The van der Waals surface area contributed by atoms with Crippen molar-refractivity contribution in [3.05, 3.63) is 47.9 Å². The summed E-state index contributed by atoms with van der Waals surface area (Å²) in [4.78, 5) is 10.1. The van der Waals surface area contributed by atoms with Gasteiger partial charge in [0.1, 0.15) is 5.82 Å². The Kier molecular flexibility index (Phi) is 4.34. The van der Waals surface area contributed by atoms with Gasteiger partial charge in [0.25, 0.3) is 0 Å². The Labute approximate surface area is 87.2 Å². The first-order chi connectivity index (χ1) is 7.20. The molecule has 0 aliphatic rings. The molecule has 0 heterocycles. The summed E-state index contributed by atoms with van der Waals surface area (Å²) in [6, 6.07) is 6.52. The molecule has 4 heteroatoms. The molecule has 3 nitrogen and oxygen atoms in total. The van der Waals surface area contributed by atoms with E-state index in [-0.39, 0.29) is 5.82 Å². The van der Waals surface area contributed by atoms with Crippen molar-refractivity contribution in [2.24, 2.45) is 0 Å². The highest BCUT2D eigenvalue weighted by Gasteiger charge is 1.98. The van der Waals surface area contributed by atoms with E-state index in [1.165, 1.54) is 12.3 Å². The molecule has 80 valence electrons. The quantitative estimate of drug-likeness (QED) is 0.571. The SMILES string of the molecule is O=C(O)/C=C/NCCc1ccccc1F. The summed E-state index contributed by atoms with van der Waals surface area (Å²) in [5.41, 5.74) is 0.619. The molecule has 0 aliphatic carbocycles. The van der Waals surface area contributed by atoms with Gasteiger partial charge in [0, 0.05) is 18.8 Å². The highest BCUT2D eigenvalue weighted by molar-refractivity contribution is 5.79. The lowest BCUT2D eigenvalue weighted by atomic mass is 10.1. The maximum atomic E-state index is 13.1. The molecule has 0 atom stereocenters. The topological polar surface area (TPSA) is 49.3 Å². The largest absolute Gasteiger partial charge is 0.478 e. The monoisotopic (exact) mass is 209 g/mol. The minimum Gasteiger partial charge on any atom is -0.478 e. The zero-order valence-corrected chi connectivity index (χ0v) is 8.11. The Hall–Kier alpha value is -1.84. The highest BCUT2D eigenvalue weighted by Crippen LogP contribution is 2.05. The van der Waals surface area contributed by atoms with Crippen molar-refractivity contribution in [1.82, 2.24) is 5.32 Å². The standard InChI is InChI=1S/C11H12FNO2/c12-10-4-2-1-3-9(10)5-7-13-8-6-11(14)15/h1-4,6,8,13H,5,7H2,(H,14,15)/b8-6+. The Morgan fingerprint density at radius 3 is 2.87 bits per heavy atom. The number of benzene rings is 1. The fourth-order valence-corrected chi connectivity index (χ4v) is 1.12. The van der Waals surface area contributed by atoms with Crippen LogP contribution in [0.2, 0.25) is 0 Å². The summed E-state index contributed by atoms with van der Waals surface area (Å²) in [5, 5.41) is 11.1. The number of carboxylic acids is 1. The molecule has 0 aliphatic heterocycles. The molecule has 1 aromatic rings. The Bertz CT molecular complexity index is 363. The molecule has 0 saturated heterocycles. The van der Waals surface area contributed by atoms with Crippen LogP contribution in [-0.4, -0.2) is 17.6 Å². The van der Waals surface area contributed by atoms with Crippen molar-refractivity contribution in [2.75, 3.05) is 6.54 Å². The van der Waals surface area contributed by atoms with Crippen LogP contribution in [-0.2, 0) is 11.2 Å². The summed E-state index contributed by atoms with van der Waals surface area (Å²) in [5.74, 6) is -1.24. The van der Waals surface area contributed by atoms with E-state index in [9.17, 15) is 9.18 Å². The van der Waals surface area contributed by atoms with E-state index in [0.717, 1.165) is 6.08 Å². The fourth-order valence-electron chi connectivity index (χ4n) is 1.12. The van der Waals surface area contributed by atoms with Gasteiger partial charge in [-0.1, -0.05) is 18.2 Å². The number of hydrogen-bond donors (Lipinski definition) is 2. The third-order valence-electron chi connectivity index (χ3n) is 1.84. The second-order valence-corrected chi connectivity index (χ2v) is 2.97. The summed E-state index contributed by atoms with van der Waals surface area (Å²) >= 11 is 0. The van der Waals surface area contributed by atoms with Crippen molar-refractivity contribution in [1.29, 1.82) is 0 Å². The Morgan fingerprint density at radius 1 is 1.47 bits per heavy atom. The number of nitrogens with one attached hydrogen (secondary N) is 1. The summed E-state index contributed by atoms with van der Waals surface area (Å²) in [7, 11) is 0. The number of aliphatic carboxylic acids is 1. The van der Waals surface area contributed by atoms with Gasteiger partial charge in [-0.3, -0.25) is 0 Å². The molecule has 0 fully saturated rings. The lowest BCUT2D eigenvalue weighted by Crippen LogP contribution is -2.11. The van der Waals surface area contributed by atoms with E-state index >= 15 is 0 Å². The van der Waals surface area contributed by atoms with E-state index in [1.54, 1.807) is 18.2 Å². The second kappa shape index (κ2) is 5.80. The predicted octanol–water partition coefficient (Wildman–Crippen LogP) is 1.56. The van der Waals surface area contributed by atoms with Gasteiger partial charge in [-0.2, -0.15) is 0 Å². The zero-order chi connectivity index (χ0) is 11.1. The minimum atomic E-state index is -1.01. The van der Waals surface area contributed by atoms with Gasteiger partial charge >= 0.3 is 5.97 Å². The van der Waals surface area contributed by atoms with Crippen molar-refractivity contribution >= 4 is 5.97 Å². The summed E-state index contributed by atoms with van der Waals surface area (Å²) in [6.07, 6.45) is 2.86. The number of carboxylic acid groups (broad SMARTS) is 1.